The van der Waals surface area contributed by atoms with E-state index in [-0.39, 0.29) is 0 Å². The van der Waals surface area contributed by atoms with Crippen molar-refractivity contribution in [2.45, 2.75) is 22.5 Å². The molecule has 0 saturated carbocycles. The fourth-order valence-electron chi connectivity index (χ4n) is 1.49. The highest BCUT2D eigenvalue weighted by molar-refractivity contribution is 8.09. The summed E-state index contributed by atoms with van der Waals surface area (Å²) in [4.78, 5) is 0. The summed E-state index contributed by atoms with van der Waals surface area (Å²) in [5.74, 6) is 0. The lowest BCUT2D eigenvalue weighted by atomic mass is 10.2. The van der Waals surface area contributed by atoms with Gasteiger partial charge in [-0.05, 0) is 12.5 Å². The summed E-state index contributed by atoms with van der Waals surface area (Å²) in [6, 6.07) is 3.18. The molecule has 0 aromatic heterocycles. The highest BCUT2D eigenvalue weighted by Crippen LogP contribution is 2.44. The molecule has 0 atom stereocenters. The van der Waals surface area contributed by atoms with Gasteiger partial charge in [0, 0.05) is 0 Å². The van der Waals surface area contributed by atoms with Gasteiger partial charge in [-0.2, -0.15) is 26.3 Å². The molecular weight excluding hydrogens is 362 g/mol. The minimum atomic E-state index is -6.65. The van der Waals surface area contributed by atoms with Gasteiger partial charge in [0.25, 0.3) is 19.7 Å². The van der Waals surface area contributed by atoms with Gasteiger partial charge in [-0.15, -0.1) is 0 Å². The molecule has 1 aromatic carbocycles. The van der Waals surface area contributed by atoms with E-state index in [9.17, 15) is 43.2 Å². The number of hydrogen-bond donors (Lipinski definition) is 0. The highest BCUT2D eigenvalue weighted by atomic mass is 32.3. The summed E-state index contributed by atoms with van der Waals surface area (Å²) >= 11 is 0. The molecule has 0 fully saturated rings. The van der Waals surface area contributed by atoms with E-state index in [1.54, 1.807) is 0 Å². The van der Waals surface area contributed by atoms with Crippen LogP contribution in [0.15, 0.2) is 24.3 Å². The van der Waals surface area contributed by atoms with E-state index >= 15 is 0 Å². The maximum Gasteiger partial charge on any atom is 0.499 e. The quantitative estimate of drug-likeness (QED) is 0.768. The van der Waals surface area contributed by atoms with Gasteiger partial charge in [-0.1, -0.05) is 29.8 Å². The van der Waals surface area contributed by atoms with Crippen molar-refractivity contribution in [3.05, 3.63) is 35.4 Å². The first kappa shape index (κ1) is 18.7. The highest BCUT2D eigenvalue weighted by Gasteiger charge is 2.63. The van der Waals surface area contributed by atoms with Crippen LogP contribution in [0.25, 0.3) is 0 Å². The Balaban J connectivity index is 3.73. The Morgan fingerprint density at radius 2 is 1.09 bits per heavy atom. The number of hydrogen-bond acceptors (Lipinski definition) is 4. The summed E-state index contributed by atoms with van der Waals surface area (Å²) in [7, 11) is -13.3. The summed E-state index contributed by atoms with van der Waals surface area (Å²) in [5.41, 5.74) is -13.1. The Morgan fingerprint density at radius 1 is 0.773 bits per heavy atom. The van der Waals surface area contributed by atoms with E-state index < -0.39 is 40.8 Å². The van der Waals surface area contributed by atoms with E-state index in [0.29, 0.717) is 17.7 Å². The van der Waals surface area contributed by atoms with Crippen molar-refractivity contribution in [2.75, 3.05) is 0 Å². The van der Waals surface area contributed by atoms with Crippen LogP contribution in [0.3, 0.4) is 0 Å². The Hall–Kier alpha value is -1.30. The van der Waals surface area contributed by atoms with Crippen LogP contribution in [0.1, 0.15) is 15.7 Å². The van der Waals surface area contributed by atoms with Crippen molar-refractivity contribution >= 4 is 19.7 Å². The molecule has 0 unspecified atom stereocenters. The van der Waals surface area contributed by atoms with Crippen molar-refractivity contribution in [3.8, 4) is 0 Å². The van der Waals surface area contributed by atoms with Crippen LogP contribution in [0.5, 0.6) is 0 Å². The molecule has 0 bridgehead atoms. The SMILES string of the molecule is Cc1ccc(C(S(=O)(=O)C(F)(F)F)S(=O)(=O)C(F)(F)F)cc1. The first-order valence-corrected chi connectivity index (χ1v) is 8.38. The molecule has 0 amide bonds. The number of benzene rings is 1. The number of rotatable bonds is 3. The van der Waals surface area contributed by atoms with E-state index in [2.05, 4.69) is 0 Å². The molecule has 0 N–H and O–H groups in total. The van der Waals surface area contributed by atoms with Crippen LogP contribution < -0.4 is 0 Å². The smallest absolute Gasteiger partial charge is 0.218 e. The molecule has 1 aromatic rings. The zero-order valence-corrected chi connectivity index (χ0v) is 12.2. The van der Waals surface area contributed by atoms with Gasteiger partial charge in [0.15, 0.2) is 0 Å². The normalized spacial score (nSPS) is 14.4. The Morgan fingerprint density at radius 3 is 1.36 bits per heavy atom. The van der Waals surface area contributed by atoms with Crippen LogP contribution in [0.2, 0.25) is 0 Å². The topological polar surface area (TPSA) is 68.3 Å². The maximum atomic E-state index is 12.5. The molecule has 0 aliphatic heterocycles. The van der Waals surface area contributed by atoms with Crippen molar-refractivity contribution in [2.24, 2.45) is 0 Å². The van der Waals surface area contributed by atoms with E-state index in [0.717, 1.165) is 12.1 Å². The lowest BCUT2D eigenvalue weighted by Crippen LogP contribution is -2.39. The van der Waals surface area contributed by atoms with E-state index in [1.807, 2.05) is 0 Å². The number of aryl methyl sites for hydroxylation is 1. The molecule has 0 aliphatic rings. The van der Waals surface area contributed by atoms with Gasteiger partial charge in [0.1, 0.15) is 0 Å². The predicted octanol–water partition coefficient (Wildman–Crippen LogP) is 2.86. The van der Waals surface area contributed by atoms with E-state index in [1.165, 1.54) is 6.92 Å². The van der Waals surface area contributed by atoms with Crippen LogP contribution in [0.4, 0.5) is 26.3 Å². The lowest BCUT2D eigenvalue weighted by Gasteiger charge is -2.21. The standard InChI is InChI=1S/C10H8F6O4S2/c1-6-2-4-7(5-3-6)8(21(17,18)9(11,12)13)22(19,20)10(14,15)16/h2-5,8H,1H3. The number of halogens is 6. The lowest BCUT2D eigenvalue weighted by molar-refractivity contribution is -0.0472. The molecule has 126 valence electrons. The zero-order valence-electron chi connectivity index (χ0n) is 10.6. The minimum absolute atomic E-state index is 0.385. The molecule has 0 radical (unpaired) electrons. The zero-order chi connectivity index (χ0) is 17.6. The van der Waals surface area contributed by atoms with E-state index in [4.69, 9.17) is 0 Å². The van der Waals surface area contributed by atoms with Crippen molar-refractivity contribution in [1.29, 1.82) is 0 Å². The average molecular weight is 370 g/mol. The fraction of sp³-hybridized carbons (Fsp3) is 0.400. The van der Waals surface area contributed by atoms with Crippen molar-refractivity contribution < 1.29 is 43.2 Å². The van der Waals surface area contributed by atoms with Gasteiger partial charge < -0.3 is 0 Å². The summed E-state index contributed by atoms with van der Waals surface area (Å²) < 4.78 is 117. The molecule has 12 heteroatoms. The molecule has 22 heavy (non-hydrogen) atoms. The molecule has 4 nitrogen and oxygen atoms in total. The molecular formula is C10H8F6O4S2. The third-order valence-corrected chi connectivity index (χ3v) is 7.04. The molecule has 0 spiro atoms. The predicted molar refractivity (Wildman–Crippen MR) is 63.9 cm³/mol. The molecule has 1 rings (SSSR count). The third-order valence-electron chi connectivity index (χ3n) is 2.56. The third kappa shape index (κ3) is 3.21. The Kier molecular flexibility index (Phi) is 4.61. The van der Waals surface area contributed by atoms with Crippen LogP contribution in [0, 0.1) is 6.92 Å². The monoisotopic (exact) mass is 370 g/mol. The van der Waals surface area contributed by atoms with Crippen LogP contribution in [-0.2, 0) is 19.7 Å². The Labute approximate surface area is 121 Å². The van der Waals surface area contributed by atoms with Gasteiger partial charge >= 0.3 is 11.0 Å². The molecule has 0 aliphatic carbocycles. The summed E-state index contributed by atoms with van der Waals surface area (Å²) in [6.07, 6.45) is 0. The minimum Gasteiger partial charge on any atom is -0.218 e. The first-order chi connectivity index (χ1) is 9.62. The van der Waals surface area contributed by atoms with Crippen molar-refractivity contribution in [1.82, 2.24) is 0 Å². The largest absolute Gasteiger partial charge is 0.499 e. The second-order valence-electron chi connectivity index (χ2n) is 4.22. The van der Waals surface area contributed by atoms with Gasteiger partial charge in [-0.3, -0.25) is 0 Å². The Bertz CT molecular complexity index is 700. The summed E-state index contributed by atoms with van der Waals surface area (Å²) in [6.45, 7) is 1.43. The molecule has 0 saturated heterocycles. The van der Waals surface area contributed by atoms with Crippen molar-refractivity contribution in [3.63, 3.8) is 0 Å². The van der Waals surface area contributed by atoms with Crippen LogP contribution in [-0.4, -0.2) is 27.9 Å². The van der Waals surface area contributed by atoms with Gasteiger partial charge in [0.2, 0.25) is 4.58 Å². The first-order valence-electron chi connectivity index (χ1n) is 5.29. The maximum absolute atomic E-state index is 12.5. The van der Waals surface area contributed by atoms with Gasteiger partial charge in [-0.25, -0.2) is 16.8 Å². The summed E-state index contributed by atoms with van der Waals surface area (Å²) in [5, 5.41) is 0. The van der Waals surface area contributed by atoms with Crippen LogP contribution >= 0.6 is 0 Å². The second-order valence-corrected chi connectivity index (χ2v) is 8.57. The number of alkyl halides is 6. The van der Waals surface area contributed by atoms with Gasteiger partial charge in [0.05, 0.1) is 0 Å². The average Bonchev–Trinajstić information content (AvgIpc) is 2.28. The molecule has 0 heterocycles. The fourth-order valence-corrected chi connectivity index (χ4v) is 5.00. The number of sulfone groups is 2. The second kappa shape index (κ2) is 5.41.